The summed E-state index contributed by atoms with van der Waals surface area (Å²) in [5.41, 5.74) is 3.18. The van der Waals surface area contributed by atoms with E-state index in [-0.39, 0.29) is 12.0 Å². The molecule has 0 spiro atoms. The van der Waals surface area contributed by atoms with Crippen molar-refractivity contribution in [1.29, 1.82) is 0 Å². The second-order valence-electron chi connectivity index (χ2n) is 6.32. The van der Waals surface area contributed by atoms with Gasteiger partial charge in [0.25, 0.3) is 11.6 Å². The Morgan fingerprint density at radius 3 is 3.04 bits per heavy atom. The van der Waals surface area contributed by atoms with E-state index in [1.165, 1.54) is 6.20 Å². The fourth-order valence-corrected chi connectivity index (χ4v) is 3.08. The molecule has 7 nitrogen and oxygen atoms in total. The Hall–Kier alpha value is -3.09. The summed E-state index contributed by atoms with van der Waals surface area (Å²) >= 11 is 0. The molecule has 1 aliphatic heterocycles. The van der Waals surface area contributed by atoms with Gasteiger partial charge in [-0.1, -0.05) is 5.16 Å². The second-order valence-corrected chi connectivity index (χ2v) is 6.32. The zero-order chi connectivity index (χ0) is 18.3. The van der Waals surface area contributed by atoms with Crippen molar-refractivity contribution in [2.75, 3.05) is 11.9 Å². The predicted octanol–water partition coefficient (Wildman–Crippen LogP) is 3.51. The molecule has 4 rings (SSSR count). The molecule has 3 aromatic rings. The number of nitrogens with zero attached hydrogens (tertiary/aromatic N) is 2. The number of pyridine rings is 1. The van der Waals surface area contributed by atoms with E-state index >= 15 is 0 Å². The van der Waals surface area contributed by atoms with Crippen LogP contribution in [0.5, 0.6) is 11.5 Å². The molecule has 1 unspecified atom stereocenters. The van der Waals surface area contributed by atoms with Gasteiger partial charge in [0, 0.05) is 24.2 Å². The number of carbonyl (C=O) groups excluding carboxylic acids is 1. The lowest BCUT2D eigenvalue weighted by Crippen LogP contribution is -2.13. The lowest BCUT2D eigenvalue weighted by Gasteiger charge is -2.13. The zero-order valence-corrected chi connectivity index (χ0v) is 14.8. The summed E-state index contributed by atoms with van der Waals surface area (Å²) in [6.45, 7) is 6.23. The molecule has 134 valence electrons. The molecular formula is C19H19N3O4. The first-order chi connectivity index (χ1) is 12.5. The average molecular weight is 353 g/mol. The SMILES string of the molecule is CCOc1cc2c(cc1NC(=O)c1cnc3onc(C)c3c1)OC(C)C2. The molecule has 1 atom stereocenters. The smallest absolute Gasteiger partial charge is 0.257 e. The predicted molar refractivity (Wildman–Crippen MR) is 95.9 cm³/mol. The lowest BCUT2D eigenvalue weighted by molar-refractivity contribution is 0.102. The van der Waals surface area contributed by atoms with Crippen LogP contribution in [0.2, 0.25) is 0 Å². The van der Waals surface area contributed by atoms with Crippen molar-refractivity contribution >= 4 is 22.7 Å². The highest BCUT2D eigenvalue weighted by Crippen LogP contribution is 2.38. The molecule has 1 aliphatic rings. The molecule has 0 bridgehead atoms. The number of carbonyl (C=O) groups is 1. The van der Waals surface area contributed by atoms with Gasteiger partial charge in [-0.25, -0.2) is 4.98 Å². The van der Waals surface area contributed by atoms with Crippen molar-refractivity contribution in [2.45, 2.75) is 33.3 Å². The molecule has 7 heteroatoms. The number of fused-ring (bicyclic) bond motifs is 2. The number of rotatable bonds is 4. The third-order valence-corrected chi connectivity index (χ3v) is 4.32. The summed E-state index contributed by atoms with van der Waals surface area (Å²) in [6.07, 6.45) is 2.42. The van der Waals surface area contributed by atoms with Gasteiger partial charge < -0.3 is 19.3 Å². The van der Waals surface area contributed by atoms with Gasteiger partial charge >= 0.3 is 0 Å². The number of amides is 1. The quantitative estimate of drug-likeness (QED) is 0.772. The topological polar surface area (TPSA) is 86.5 Å². The number of aryl methyl sites for hydroxylation is 1. The maximum Gasteiger partial charge on any atom is 0.257 e. The molecule has 0 radical (unpaired) electrons. The second kappa shape index (κ2) is 6.33. The van der Waals surface area contributed by atoms with E-state index in [2.05, 4.69) is 15.5 Å². The highest BCUT2D eigenvalue weighted by atomic mass is 16.5. The van der Waals surface area contributed by atoms with Crippen LogP contribution in [0.15, 0.2) is 28.9 Å². The summed E-state index contributed by atoms with van der Waals surface area (Å²) < 4.78 is 16.6. The summed E-state index contributed by atoms with van der Waals surface area (Å²) in [7, 11) is 0. The fraction of sp³-hybridized carbons (Fsp3) is 0.316. The maximum atomic E-state index is 12.7. The van der Waals surface area contributed by atoms with Gasteiger partial charge in [0.05, 0.1) is 28.9 Å². The molecule has 0 aliphatic carbocycles. The molecule has 0 fully saturated rings. The minimum atomic E-state index is -0.285. The number of hydrogen-bond acceptors (Lipinski definition) is 6. The molecule has 1 N–H and O–H groups in total. The fourth-order valence-electron chi connectivity index (χ4n) is 3.08. The maximum absolute atomic E-state index is 12.7. The van der Waals surface area contributed by atoms with Gasteiger partial charge in [0.15, 0.2) is 0 Å². The van der Waals surface area contributed by atoms with Crippen molar-refractivity contribution in [3.05, 3.63) is 41.2 Å². The average Bonchev–Trinajstić information content (AvgIpc) is 3.16. The number of hydrogen-bond donors (Lipinski definition) is 1. The highest BCUT2D eigenvalue weighted by molar-refractivity contribution is 6.06. The van der Waals surface area contributed by atoms with E-state index in [4.69, 9.17) is 14.0 Å². The van der Waals surface area contributed by atoms with Crippen molar-refractivity contribution in [3.8, 4) is 11.5 Å². The Bertz CT molecular complexity index is 996. The summed E-state index contributed by atoms with van der Waals surface area (Å²) in [5, 5.41) is 7.47. The number of benzene rings is 1. The monoisotopic (exact) mass is 353 g/mol. The summed E-state index contributed by atoms with van der Waals surface area (Å²) in [4.78, 5) is 16.9. The highest BCUT2D eigenvalue weighted by Gasteiger charge is 2.23. The summed E-state index contributed by atoms with van der Waals surface area (Å²) in [6, 6.07) is 5.47. The first-order valence-electron chi connectivity index (χ1n) is 8.55. The molecular weight excluding hydrogens is 334 g/mol. The minimum Gasteiger partial charge on any atom is -0.492 e. The number of nitrogens with one attached hydrogen (secondary N) is 1. The molecule has 2 aromatic heterocycles. The Morgan fingerprint density at radius 2 is 2.23 bits per heavy atom. The minimum absolute atomic E-state index is 0.119. The van der Waals surface area contributed by atoms with Crippen LogP contribution in [0.3, 0.4) is 0 Å². The standard InChI is InChI=1S/C19H19N3O4/c1-4-24-17-7-12-5-10(2)25-16(12)8-15(17)21-18(23)13-6-14-11(3)22-26-19(14)20-9-13/h6-10H,4-5H2,1-3H3,(H,21,23). The molecule has 3 heterocycles. The Kier molecular flexibility index (Phi) is 3.99. The van der Waals surface area contributed by atoms with Gasteiger partial charge in [-0.15, -0.1) is 0 Å². The van der Waals surface area contributed by atoms with E-state index in [0.29, 0.717) is 40.4 Å². The number of ether oxygens (including phenoxy) is 2. The summed E-state index contributed by atoms with van der Waals surface area (Å²) in [5.74, 6) is 1.12. The Balaban J connectivity index is 1.65. The zero-order valence-electron chi connectivity index (χ0n) is 14.8. The van der Waals surface area contributed by atoms with Crippen LogP contribution >= 0.6 is 0 Å². The molecule has 0 saturated carbocycles. The van der Waals surface area contributed by atoms with Gasteiger partial charge in [0.1, 0.15) is 17.6 Å². The third kappa shape index (κ3) is 2.85. The van der Waals surface area contributed by atoms with Crippen LogP contribution < -0.4 is 14.8 Å². The molecule has 1 amide bonds. The van der Waals surface area contributed by atoms with Crippen LogP contribution in [0, 0.1) is 6.92 Å². The van der Waals surface area contributed by atoms with Crippen molar-refractivity contribution < 1.29 is 18.8 Å². The van der Waals surface area contributed by atoms with Crippen LogP contribution in [-0.4, -0.2) is 28.8 Å². The number of anilines is 1. The first kappa shape index (κ1) is 16.4. The van der Waals surface area contributed by atoms with E-state index in [9.17, 15) is 4.79 Å². The van der Waals surface area contributed by atoms with Crippen LogP contribution in [0.4, 0.5) is 5.69 Å². The van der Waals surface area contributed by atoms with E-state index < -0.39 is 0 Å². The molecule has 1 aromatic carbocycles. The Labute approximate surface area is 150 Å². The van der Waals surface area contributed by atoms with Gasteiger partial charge in [-0.2, -0.15) is 0 Å². The third-order valence-electron chi connectivity index (χ3n) is 4.32. The first-order valence-corrected chi connectivity index (χ1v) is 8.55. The van der Waals surface area contributed by atoms with Gasteiger partial charge in [-0.05, 0) is 32.9 Å². The largest absolute Gasteiger partial charge is 0.492 e. The lowest BCUT2D eigenvalue weighted by atomic mass is 10.1. The van der Waals surface area contributed by atoms with E-state index in [1.54, 1.807) is 13.0 Å². The van der Waals surface area contributed by atoms with Gasteiger partial charge in [-0.3, -0.25) is 4.79 Å². The molecule has 26 heavy (non-hydrogen) atoms. The van der Waals surface area contributed by atoms with Crippen molar-refractivity contribution in [3.63, 3.8) is 0 Å². The number of aromatic nitrogens is 2. The Morgan fingerprint density at radius 1 is 1.38 bits per heavy atom. The van der Waals surface area contributed by atoms with Crippen molar-refractivity contribution in [1.82, 2.24) is 10.1 Å². The van der Waals surface area contributed by atoms with Crippen LogP contribution in [0.25, 0.3) is 11.1 Å². The van der Waals surface area contributed by atoms with E-state index in [1.807, 2.05) is 26.0 Å². The normalized spacial score (nSPS) is 15.6. The van der Waals surface area contributed by atoms with Crippen LogP contribution in [0.1, 0.15) is 35.5 Å². The van der Waals surface area contributed by atoms with Crippen LogP contribution in [-0.2, 0) is 6.42 Å². The van der Waals surface area contributed by atoms with Gasteiger partial charge in [0.2, 0.25) is 0 Å². The van der Waals surface area contributed by atoms with Crippen molar-refractivity contribution in [2.24, 2.45) is 0 Å². The van der Waals surface area contributed by atoms with E-state index in [0.717, 1.165) is 17.7 Å². The molecule has 0 saturated heterocycles.